The van der Waals surface area contributed by atoms with Gasteiger partial charge in [0.1, 0.15) is 9.71 Å². The highest BCUT2D eigenvalue weighted by Crippen LogP contribution is 2.34. The number of nitrogens with two attached hydrogens (primary N) is 1. The number of H-pyrrole nitrogens is 1. The fourth-order valence-electron chi connectivity index (χ4n) is 2.22. The molecule has 106 valence electrons. The molecule has 0 spiro atoms. The predicted molar refractivity (Wildman–Crippen MR) is 86.0 cm³/mol. The number of para-hydroxylation sites is 1. The van der Waals surface area contributed by atoms with E-state index in [9.17, 15) is 9.59 Å². The number of amides is 1. The third-order valence-corrected chi connectivity index (χ3v) is 4.28. The van der Waals surface area contributed by atoms with Gasteiger partial charge in [-0.25, -0.2) is 0 Å². The molecule has 0 fully saturated rings. The summed E-state index contributed by atoms with van der Waals surface area (Å²) in [5.74, 6) is -0.278. The molecule has 21 heavy (non-hydrogen) atoms. The molecule has 1 aromatic carbocycles. The van der Waals surface area contributed by atoms with Gasteiger partial charge in [-0.15, -0.1) is 11.3 Å². The van der Waals surface area contributed by atoms with Gasteiger partial charge in [0.05, 0.1) is 5.69 Å². The van der Waals surface area contributed by atoms with Gasteiger partial charge in [-0.2, -0.15) is 0 Å². The largest absolute Gasteiger partial charge is 0.397 e. The summed E-state index contributed by atoms with van der Waals surface area (Å²) >= 11 is 1.19. The fourth-order valence-corrected chi connectivity index (χ4v) is 3.30. The molecule has 0 radical (unpaired) electrons. The molecule has 0 aliphatic rings. The molecule has 1 amide bonds. The zero-order chi connectivity index (χ0) is 15.0. The third-order valence-electron chi connectivity index (χ3n) is 3.16. The van der Waals surface area contributed by atoms with Crippen LogP contribution in [0.3, 0.4) is 0 Å². The van der Waals surface area contributed by atoms with Crippen LogP contribution in [0.4, 0.5) is 11.4 Å². The third kappa shape index (κ3) is 2.41. The monoisotopic (exact) mass is 299 g/mol. The lowest BCUT2D eigenvalue weighted by molar-refractivity contribution is 0.103. The molecule has 0 aliphatic heterocycles. The molecule has 0 aliphatic carbocycles. The molecule has 0 atom stereocenters. The SMILES string of the molecule is Cc1cc(=O)[nH]c2sc(C(=O)Nc3ccccc3)c(N)c12. The van der Waals surface area contributed by atoms with Gasteiger partial charge in [0, 0.05) is 17.1 Å². The van der Waals surface area contributed by atoms with Crippen LogP contribution in [0.25, 0.3) is 10.2 Å². The number of pyridine rings is 1. The number of rotatable bonds is 2. The first-order valence-electron chi connectivity index (χ1n) is 6.34. The number of aromatic amines is 1. The van der Waals surface area contributed by atoms with E-state index in [0.29, 0.717) is 21.1 Å². The molecule has 3 rings (SSSR count). The first-order valence-corrected chi connectivity index (χ1v) is 7.16. The molecule has 0 unspecified atom stereocenters. The Morgan fingerprint density at radius 1 is 1.29 bits per heavy atom. The molecule has 6 heteroatoms. The lowest BCUT2D eigenvalue weighted by Gasteiger charge is -2.03. The Balaban J connectivity index is 2.05. The highest BCUT2D eigenvalue weighted by Gasteiger charge is 2.18. The predicted octanol–water partition coefficient (Wildman–Crippen LogP) is 2.73. The summed E-state index contributed by atoms with van der Waals surface area (Å²) in [6.07, 6.45) is 0. The Hall–Kier alpha value is -2.60. The molecule has 5 nitrogen and oxygen atoms in total. The number of hydrogen-bond donors (Lipinski definition) is 3. The Morgan fingerprint density at radius 3 is 2.71 bits per heavy atom. The van der Waals surface area contributed by atoms with E-state index >= 15 is 0 Å². The summed E-state index contributed by atoms with van der Waals surface area (Å²) in [7, 11) is 0. The molecule has 0 bridgehead atoms. The van der Waals surface area contributed by atoms with Crippen molar-refractivity contribution in [2.24, 2.45) is 0 Å². The van der Waals surface area contributed by atoms with E-state index in [1.807, 2.05) is 18.2 Å². The van der Waals surface area contributed by atoms with Crippen molar-refractivity contribution < 1.29 is 4.79 Å². The van der Waals surface area contributed by atoms with Crippen LogP contribution in [0, 0.1) is 6.92 Å². The first kappa shape index (κ1) is 13.4. The number of nitrogen functional groups attached to an aromatic ring is 1. The smallest absolute Gasteiger partial charge is 0.267 e. The van der Waals surface area contributed by atoms with Crippen molar-refractivity contribution in [2.45, 2.75) is 6.92 Å². The van der Waals surface area contributed by atoms with Gasteiger partial charge in [-0.3, -0.25) is 9.59 Å². The van der Waals surface area contributed by atoms with Crippen LogP contribution in [0.5, 0.6) is 0 Å². The van der Waals surface area contributed by atoms with Crippen molar-refractivity contribution in [3.05, 3.63) is 57.2 Å². The van der Waals surface area contributed by atoms with E-state index in [1.54, 1.807) is 19.1 Å². The minimum atomic E-state index is -0.278. The molecule has 2 heterocycles. The van der Waals surface area contributed by atoms with Gasteiger partial charge in [0.25, 0.3) is 5.91 Å². The summed E-state index contributed by atoms with van der Waals surface area (Å²) in [5.41, 5.74) is 7.74. The Morgan fingerprint density at radius 2 is 2.00 bits per heavy atom. The van der Waals surface area contributed by atoms with E-state index in [0.717, 1.165) is 10.9 Å². The highest BCUT2D eigenvalue weighted by atomic mass is 32.1. The summed E-state index contributed by atoms with van der Waals surface area (Å²) < 4.78 is 0. The summed E-state index contributed by atoms with van der Waals surface area (Å²) in [4.78, 5) is 27.6. The van der Waals surface area contributed by atoms with Gasteiger partial charge in [0.15, 0.2) is 0 Å². The highest BCUT2D eigenvalue weighted by molar-refractivity contribution is 7.21. The van der Waals surface area contributed by atoms with Crippen LogP contribution in [-0.4, -0.2) is 10.9 Å². The number of carbonyl (C=O) groups is 1. The van der Waals surface area contributed by atoms with Gasteiger partial charge >= 0.3 is 0 Å². The molecule has 0 saturated heterocycles. The first-order chi connectivity index (χ1) is 10.1. The molecular formula is C15H13N3O2S. The second-order valence-electron chi connectivity index (χ2n) is 4.69. The molecule has 2 aromatic heterocycles. The molecule has 4 N–H and O–H groups in total. The van der Waals surface area contributed by atoms with Crippen molar-refractivity contribution in [3.8, 4) is 0 Å². The normalized spacial score (nSPS) is 10.7. The topological polar surface area (TPSA) is 88.0 Å². The Labute approximate surface area is 124 Å². The Bertz CT molecular complexity index is 881. The van der Waals surface area contributed by atoms with E-state index in [2.05, 4.69) is 10.3 Å². The number of nitrogens with one attached hydrogen (secondary N) is 2. The summed E-state index contributed by atoms with van der Waals surface area (Å²) in [5, 5.41) is 3.53. The van der Waals surface area contributed by atoms with E-state index < -0.39 is 0 Å². The van der Waals surface area contributed by atoms with Gasteiger partial charge < -0.3 is 16.0 Å². The lowest BCUT2D eigenvalue weighted by atomic mass is 10.1. The lowest BCUT2D eigenvalue weighted by Crippen LogP contribution is -2.11. The number of fused-ring (bicyclic) bond motifs is 1. The quantitative estimate of drug-likeness (QED) is 0.680. The number of thiophene rings is 1. The minimum Gasteiger partial charge on any atom is -0.397 e. The molecular weight excluding hydrogens is 286 g/mol. The second kappa shape index (κ2) is 5.06. The van der Waals surface area contributed by atoms with Crippen molar-refractivity contribution in [2.75, 3.05) is 11.1 Å². The molecule has 0 saturated carbocycles. The number of carbonyl (C=O) groups excluding carboxylic acids is 1. The average Bonchev–Trinajstić information content (AvgIpc) is 2.77. The number of hydrogen-bond acceptors (Lipinski definition) is 4. The van der Waals surface area contributed by atoms with Crippen LogP contribution in [-0.2, 0) is 0 Å². The van der Waals surface area contributed by atoms with Crippen molar-refractivity contribution in [1.82, 2.24) is 4.98 Å². The fraction of sp³-hybridized carbons (Fsp3) is 0.0667. The van der Waals surface area contributed by atoms with Crippen LogP contribution in [0.1, 0.15) is 15.2 Å². The van der Waals surface area contributed by atoms with E-state index in [-0.39, 0.29) is 11.5 Å². The standard InChI is InChI=1S/C15H13N3O2S/c1-8-7-10(19)18-15-11(8)12(16)13(21-15)14(20)17-9-5-3-2-4-6-9/h2-7H,16H2,1H3,(H,17,20)(H,18,19). The van der Waals surface area contributed by atoms with Crippen molar-refractivity contribution >= 4 is 38.8 Å². The van der Waals surface area contributed by atoms with Crippen LogP contribution < -0.4 is 16.6 Å². The Kier molecular flexibility index (Phi) is 3.23. The van der Waals surface area contributed by atoms with Crippen LogP contribution in [0.2, 0.25) is 0 Å². The minimum absolute atomic E-state index is 0.198. The second-order valence-corrected chi connectivity index (χ2v) is 5.71. The van der Waals surface area contributed by atoms with Crippen LogP contribution in [0.15, 0.2) is 41.2 Å². The number of aryl methyl sites for hydroxylation is 1. The zero-order valence-electron chi connectivity index (χ0n) is 11.3. The van der Waals surface area contributed by atoms with Gasteiger partial charge in [0.2, 0.25) is 5.56 Å². The maximum atomic E-state index is 12.3. The van der Waals surface area contributed by atoms with Crippen molar-refractivity contribution in [1.29, 1.82) is 0 Å². The van der Waals surface area contributed by atoms with Gasteiger partial charge in [-0.1, -0.05) is 18.2 Å². The average molecular weight is 299 g/mol. The molecule has 3 aromatic rings. The van der Waals surface area contributed by atoms with E-state index in [1.165, 1.54) is 17.4 Å². The van der Waals surface area contributed by atoms with Crippen molar-refractivity contribution in [3.63, 3.8) is 0 Å². The number of benzene rings is 1. The van der Waals surface area contributed by atoms with E-state index in [4.69, 9.17) is 5.73 Å². The number of aromatic nitrogens is 1. The zero-order valence-corrected chi connectivity index (χ0v) is 12.1. The summed E-state index contributed by atoms with van der Waals surface area (Å²) in [6.45, 7) is 1.81. The van der Waals surface area contributed by atoms with Crippen LogP contribution >= 0.6 is 11.3 Å². The maximum Gasteiger partial charge on any atom is 0.267 e. The van der Waals surface area contributed by atoms with Gasteiger partial charge in [-0.05, 0) is 24.6 Å². The number of anilines is 2. The summed E-state index contributed by atoms with van der Waals surface area (Å²) in [6, 6.07) is 10.6. The maximum absolute atomic E-state index is 12.3.